The molecule has 2 heterocycles. The van der Waals surface area contributed by atoms with E-state index in [0.717, 1.165) is 25.9 Å². The summed E-state index contributed by atoms with van der Waals surface area (Å²) in [7, 11) is 1.60. The minimum Gasteiger partial charge on any atom is -0.355 e. The van der Waals surface area contributed by atoms with Crippen molar-refractivity contribution in [1.29, 1.82) is 0 Å². The molecule has 0 saturated carbocycles. The fourth-order valence-electron chi connectivity index (χ4n) is 3.66. The third-order valence-corrected chi connectivity index (χ3v) is 5.01. The quantitative estimate of drug-likeness (QED) is 0.924. The number of nitrogens with zero attached hydrogens (tertiary/aromatic N) is 2. The van der Waals surface area contributed by atoms with E-state index in [1.807, 2.05) is 4.90 Å². The van der Waals surface area contributed by atoms with Crippen molar-refractivity contribution in [3.8, 4) is 0 Å². The first-order chi connectivity index (χ1) is 11.2. The van der Waals surface area contributed by atoms with E-state index < -0.39 is 0 Å². The monoisotopic (exact) mass is 315 g/mol. The molecule has 1 N–H and O–H groups in total. The summed E-state index contributed by atoms with van der Waals surface area (Å²) < 4.78 is 0. The highest BCUT2D eigenvalue weighted by Gasteiger charge is 2.28. The third-order valence-electron chi connectivity index (χ3n) is 5.01. The number of benzene rings is 1. The molecule has 2 aliphatic heterocycles. The molecule has 2 fully saturated rings. The van der Waals surface area contributed by atoms with Crippen molar-refractivity contribution in [2.75, 3.05) is 33.2 Å². The molecule has 5 nitrogen and oxygen atoms in total. The van der Waals surface area contributed by atoms with Gasteiger partial charge >= 0.3 is 0 Å². The van der Waals surface area contributed by atoms with E-state index in [4.69, 9.17) is 0 Å². The number of nitrogens with one attached hydrogen (secondary N) is 1. The second-order valence-electron chi connectivity index (χ2n) is 6.43. The lowest BCUT2D eigenvalue weighted by Gasteiger charge is -2.36. The standard InChI is InChI=1S/C18H25N3O2/c1-19-17(22)14-5-4-6-15(13-14)18(23)21-11-7-16(8-12-21)20-9-2-3-10-20/h4-6,13,16H,2-3,7-12H2,1H3,(H,19,22). The highest BCUT2D eigenvalue weighted by Crippen LogP contribution is 2.22. The molecule has 0 radical (unpaired) electrons. The van der Waals surface area contributed by atoms with Crippen molar-refractivity contribution in [3.63, 3.8) is 0 Å². The van der Waals surface area contributed by atoms with Gasteiger partial charge in [0.05, 0.1) is 0 Å². The lowest BCUT2D eigenvalue weighted by molar-refractivity contribution is 0.0644. The van der Waals surface area contributed by atoms with E-state index in [0.29, 0.717) is 17.2 Å². The van der Waals surface area contributed by atoms with E-state index >= 15 is 0 Å². The van der Waals surface area contributed by atoms with Crippen LogP contribution < -0.4 is 5.32 Å². The van der Waals surface area contributed by atoms with Gasteiger partial charge < -0.3 is 15.1 Å². The summed E-state index contributed by atoms with van der Waals surface area (Å²) in [5.74, 6) is -0.122. The molecule has 23 heavy (non-hydrogen) atoms. The molecule has 0 atom stereocenters. The van der Waals surface area contributed by atoms with Crippen molar-refractivity contribution in [2.45, 2.75) is 31.7 Å². The van der Waals surface area contributed by atoms with Crippen molar-refractivity contribution >= 4 is 11.8 Å². The molecule has 2 saturated heterocycles. The van der Waals surface area contributed by atoms with Gasteiger partial charge in [-0.1, -0.05) is 6.07 Å². The maximum atomic E-state index is 12.7. The summed E-state index contributed by atoms with van der Waals surface area (Å²) in [6.45, 7) is 4.05. The molecule has 1 aromatic rings. The normalized spacial score (nSPS) is 19.8. The topological polar surface area (TPSA) is 52.7 Å². The Morgan fingerprint density at radius 3 is 2.35 bits per heavy atom. The first-order valence-electron chi connectivity index (χ1n) is 8.54. The number of carbonyl (C=O) groups is 2. The van der Waals surface area contributed by atoms with E-state index in [2.05, 4.69) is 10.2 Å². The van der Waals surface area contributed by atoms with Gasteiger partial charge in [-0.3, -0.25) is 9.59 Å². The average molecular weight is 315 g/mol. The highest BCUT2D eigenvalue weighted by atomic mass is 16.2. The summed E-state index contributed by atoms with van der Waals surface area (Å²) >= 11 is 0. The molecular weight excluding hydrogens is 290 g/mol. The Bertz CT molecular complexity index is 573. The number of likely N-dealkylation sites (tertiary alicyclic amines) is 2. The highest BCUT2D eigenvalue weighted by molar-refractivity contribution is 5.99. The summed E-state index contributed by atoms with van der Waals surface area (Å²) in [6, 6.07) is 7.62. The average Bonchev–Trinajstić information content (AvgIpc) is 3.15. The largest absolute Gasteiger partial charge is 0.355 e. The zero-order valence-electron chi connectivity index (χ0n) is 13.8. The molecule has 5 heteroatoms. The second-order valence-corrected chi connectivity index (χ2v) is 6.43. The fourth-order valence-corrected chi connectivity index (χ4v) is 3.66. The SMILES string of the molecule is CNC(=O)c1cccc(C(=O)N2CCC(N3CCCC3)CC2)c1. The van der Waals surface area contributed by atoms with Crippen molar-refractivity contribution in [3.05, 3.63) is 35.4 Å². The van der Waals surface area contributed by atoms with Crippen molar-refractivity contribution in [2.24, 2.45) is 0 Å². The van der Waals surface area contributed by atoms with Crippen LogP contribution in [0.5, 0.6) is 0 Å². The predicted octanol–water partition coefficient (Wildman–Crippen LogP) is 1.75. The molecule has 1 aromatic carbocycles. The van der Waals surface area contributed by atoms with Gasteiger partial charge in [0.2, 0.25) is 0 Å². The number of carbonyl (C=O) groups excluding carboxylic acids is 2. The van der Waals surface area contributed by atoms with Crippen LogP contribution in [0.15, 0.2) is 24.3 Å². The first kappa shape index (κ1) is 16.0. The number of hydrogen-bond acceptors (Lipinski definition) is 3. The Hall–Kier alpha value is -1.88. The Labute approximate surface area is 137 Å². The Kier molecular flexibility index (Phi) is 4.96. The minimum atomic E-state index is -0.160. The number of hydrogen-bond donors (Lipinski definition) is 1. The Morgan fingerprint density at radius 2 is 1.70 bits per heavy atom. The lowest BCUT2D eigenvalue weighted by Crippen LogP contribution is -2.45. The van der Waals surface area contributed by atoms with Crippen LogP contribution in [-0.2, 0) is 0 Å². The smallest absolute Gasteiger partial charge is 0.253 e. The van der Waals surface area contributed by atoms with Gasteiger partial charge in [0.25, 0.3) is 11.8 Å². The molecule has 0 aromatic heterocycles. The van der Waals surface area contributed by atoms with Crippen molar-refractivity contribution in [1.82, 2.24) is 15.1 Å². The molecule has 0 unspecified atom stereocenters. The van der Waals surface area contributed by atoms with Crippen LogP contribution in [0, 0.1) is 0 Å². The van der Waals surface area contributed by atoms with Gasteiger partial charge in [-0.05, 0) is 57.0 Å². The van der Waals surface area contributed by atoms with E-state index in [1.54, 1.807) is 31.3 Å². The van der Waals surface area contributed by atoms with Crippen LogP contribution in [0.2, 0.25) is 0 Å². The van der Waals surface area contributed by atoms with Gasteiger partial charge in [0.15, 0.2) is 0 Å². The maximum absolute atomic E-state index is 12.7. The molecule has 124 valence electrons. The van der Waals surface area contributed by atoms with Crippen LogP contribution in [0.25, 0.3) is 0 Å². The summed E-state index contributed by atoms with van der Waals surface area (Å²) in [4.78, 5) is 28.9. The molecule has 0 aliphatic carbocycles. The second kappa shape index (κ2) is 7.13. The minimum absolute atomic E-state index is 0.0376. The van der Waals surface area contributed by atoms with Crippen LogP contribution in [-0.4, -0.2) is 60.9 Å². The fraction of sp³-hybridized carbons (Fsp3) is 0.556. The summed E-state index contributed by atoms with van der Waals surface area (Å²) in [5.41, 5.74) is 1.14. The number of rotatable bonds is 3. The van der Waals surface area contributed by atoms with Gasteiger partial charge in [0, 0.05) is 37.3 Å². The van der Waals surface area contributed by atoms with Gasteiger partial charge in [0.1, 0.15) is 0 Å². The maximum Gasteiger partial charge on any atom is 0.253 e. The van der Waals surface area contributed by atoms with E-state index in [9.17, 15) is 9.59 Å². The molecule has 2 amide bonds. The van der Waals surface area contributed by atoms with Crippen molar-refractivity contribution < 1.29 is 9.59 Å². The van der Waals surface area contributed by atoms with Gasteiger partial charge in [-0.2, -0.15) is 0 Å². The van der Waals surface area contributed by atoms with Crippen LogP contribution in [0.3, 0.4) is 0 Å². The summed E-state index contributed by atoms with van der Waals surface area (Å²) in [6.07, 6.45) is 4.73. The molecule has 0 bridgehead atoms. The van der Waals surface area contributed by atoms with Crippen LogP contribution in [0.1, 0.15) is 46.4 Å². The molecule has 0 spiro atoms. The Balaban J connectivity index is 1.62. The molecule has 3 rings (SSSR count). The van der Waals surface area contributed by atoms with Crippen LogP contribution >= 0.6 is 0 Å². The Morgan fingerprint density at radius 1 is 1.04 bits per heavy atom. The van der Waals surface area contributed by atoms with Gasteiger partial charge in [-0.25, -0.2) is 0 Å². The van der Waals surface area contributed by atoms with E-state index in [-0.39, 0.29) is 11.8 Å². The van der Waals surface area contributed by atoms with Gasteiger partial charge in [-0.15, -0.1) is 0 Å². The molecule has 2 aliphatic rings. The zero-order chi connectivity index (χ0) is 16.2. The molecular formula is C18H25N3O2. The number of amides is 2. The predicted molar refractivity (Wildman–Crippen MR) is 89.6 cm³/mol. The lowest BCUT2D eigenvalue weighted by atomic mass is 10.0. The first-order valence-corrected chi connectivity index (χ1v) is 8.54. The van der Waals surface area contributed by atoms with E-state index in [1.165, 1.54) is 25.9 Å². The van der Waals surface area contributed by atoms with Crippen LogP contribution in [0.4, 0.5) is 0 Å². The zero-order valence-corrected chi connectivity index (χ0v) is 13.8. The third kappa shape index (κ3) is 3.55. The summed E-state index contributed by atoms with van der Waals surface area (Å²) in [5, 5.41) is 2.59. The number of piperidine rings is 1.